The first-order valence-electron chi connectivity index (χ1n) is 7.03. The zero-order chi connectivity index (χ0) is 18.2. The van der Waals surface area contributed by atoms with Crippen molar-refractivity contribution in [3.05, 3.63) is 63.7 Å². The molecule has 2 aromatic carbocycles. The number of ether oxygens (including phenoxy) is 1. The Kier molecular flexibility index (Phi) is 6.79. The van der Waals surface area contributed by atoms with Gasteiger partial charge >= 0.3 is 5.97 Å². The maximum atomic E-state index is 11.7. The molecule has 2 aromatic rings. The molecule has 0 saturated heterocycles. The SMILES string of the molecule is O=C(COC(=O)CSc1ccccc1[N+](=O)[O-])Nc1cccc(Cl)c1. The molecule has 25 heavy (non-hydrogen) atoms. The summed E-state index contributed by atoms with van der Waals surface area (Å²) in [5, 5.41) is 13.9. The van der Waals surface area contributed by atoms with E-state index < -0.39 is 23.4 Å². The highest BCUT2D eigenvalue weighted by molar-refractivity contribution is 8.00. The van der Waals surface area contributed by atoms with E-state index in [1.54, 1.807) is 42.5 Å². The number of nitrogens with one attached hydrogen (secondary N) is 1. The molecule has 2 rings (SSSR count). The second-order valence-electron chi connectivity index (χ2n) is 4.73. The van der Waals surface area contributed by atoms with E-state index in [4.69, 9.17) is 16.3 Å². The quantitative estimate of drug-likeness (QED) is 0.341. The topological polar surface area (TPSA) is 98.5 Å². The number of nitro benzene ring substituents is 1. The summed E-state index contributed by atoms with van der Waals surface area (Å²) >= 11 is 6.78. The summed E-state index contributed by atoms with van der Waals surface area (Å²) in [4.78, 5) is 34.1. The lowest BCUT2D eigenvalue weighted by Gasteiger charge is -2.07. The molecule has 1 amide bonds. The van der Waals surface area contributed by atoms with Crippen molar-refractivity contribution in [3.8, 4) is 0 Å². The lowest BCUT2D eigenvalue weighted by molar-refractivity contribution is -0.387. The molecule has 0 aliphatic heterocycles. The van der Waals surface area contributed by atoms with Crippen LogP contribution in [0.5, 0.6) is 0 Å². The fourth-order valence-corrected chi connectivity index (χ4v) is 2.83. The highest BCUT2D eigenvalue weighted by Gasteiger charge is 2.15. The van der Waals surface area contributed by atoms with E-state index in [1.807, 2.05) is 0 Å². The molecule has 0 aromatic heterocycles. The number of para-hydroxylation sites is 1. The molecule has 0 aliphatic rings. The van der Waals surface area contributed by atoms with Crippen LogP contribution in [0.25, 0.3) is 0 Å². The molecule has 0 aliphatic carbocycles. The molecule has 0 saturated carbocycles. The lowest BCUT2D eigenvalue weighted by Crippen LogP contribution is -2.21. The van der Waals surface area contributed by atoms with Gasteiger partial charge in [-0.15, -0.1) is 11.8 Å². The molecule has 0 radical (unpaired) electrons. The van der Waals surface area contributed by atoms with Crippen molar-refractivity contribution in [3.63, 3.8) is 0 Å². The zero-order valence-corrected chi connectivity index (χ0v) is 14.4. The van der Waals surface area contributed by atoms with Crippen LogP contribution in [-0.2, 0) is 14.3 Å². The molecule has 0 fully saturated rings. The summed E-state index contributed by atoms with van der Waals surface area (Å²) < 4.78 is 4.85. The number of nitrogens with zero attached hydrogens (tertiary/aromatic N) is 1. The highest BCUT2D eigenvalue weighted by Crippen LogP contribution is 2.28. The molecule has 0 unspecified atom stereocenters. The average molecular weight is 381 g/mol. The van der Waals surface area contributed by atoms with Gasteiger partial charge in [0.1, 0.15) is 0 Å². The number of thioether (sulfide) groups is 1. The molecular formula is C16H13ClN2O5S. The van der Waals surface area contributed by atoms with E-state index in [9.17, 15) is 19.7 Å². The van der Waals surface area contributed by atoms with E-state index in [2.05, 4.69) is 5.32 Å². The van der Waals surface area contributed by atoms with Gasteiger partial charge in [0, 0.05) is 16.8 Å². The van der Waals surface area contributed by atoms with Gasteiger partial charge in [0.25, 0.3) is 11.6 Å². The average Bonchev–Trinajstić information content (AvgIpc) is 2.58. The van der Waals surface area contributed by atoms with Crippen molar-refractivity contribution in [2.75, 3.05) is 17.7 Å². The van der Waals surface area contributed by atoms with Gasteiger partial charge in [0.15, 0.2) is 6.61 Å². The normalized spacial score (nSPS) is 10.1. The van der Waals surface area contributed by atoms with Gasteiger partial charge in [-0.25, -0.2) is 0 Å². The number of esters is 1. The molecule has 0 heterocycles. The van der Waals surface area contributed by atoms with Crippen LogP contribution >= 0.6 is 23.4 Å². The van der Waals surface area contributed by atoms with Crippen LogP contribution in [0.3, 0.4) is 0 Å². The monoisotopic (exact) mass is 380 g/mol. The van der Waals surface area contributed by atoms with Gasteiger partial charge in [-0.05, 0) is 24.3 Å². The Hall–Kier alpha value is -2.58. The largest absolute Gasteiger partial charge is 0.455 e. The third-order valence-electron chi connectivity index (χ3n) is 2.88. The van der Waals surface area contributed by atoms with Crippen LogP contribution < -0.4 is 5.32 Å². The second kappa shape index (κ2) is 9.05. The third kappa shape index (κ3) is 6.09. The number of anilines is 1. The van der Waals surface area contributed by atoms with Crippen molar-refractivity contribution in [1.82, 2.24) is 0 Å². The maximum absolute atomic E-state index is 11.7. The van der Waals surface area contributed by atoms with Crippen LogP contribution in [0.2, 0.25) is 5.02 Å². The summed E-state index contributed by atoms with van der Waals surface area (Å²) in [5.74, 6) is -1.30. The van der Waals surface area contributed by atoms with Gasteiger partial charge in [-0.1, -0.05) is 29.8 Å². The van der Waals surface area contributed by atoms with E-state index in [0.717, 1.165) is 11.8 Å². The van der Waals surface area contributed by atoms with Crippen LogP contribution in [0.1, 0.15) is 0 Å². The van der Waals surface area contributed by atoms with Gasteiger partial charge in [-0.3, -0.25) is 19.7 Å². The Labute approximate surface area is 152 Å². The van der Waals surface area contributed by atoms with Crippen molar-refractivity contribution in [2.24, 2.45) is 0 Å². The van der Waals surface area contributed by atoms with E-state index in [0.29, 0.717) is 15.6 Å². The predicted molar refractivity (Wildman–Crippen MR) is 94.9 cm³/mol. The minimum Gasteiger partial charge on any atom is -0.455 e. The second-order valence-corrected chi connectivity index (χ2v) is 6.19. The summed E-state index contributed by atoms with van der Waals surface area (Å²) in [5.41, 5.74) is 0.404. The third-order valence-corrected chi connectivity index (χ3v) is 4.15. The number of amides is 1. The Morgan fingerprint density at radius 3 is 2.68 bits per heavy atom. The van der Waals surface area contributed by atoms with Crippen LogP contribution in [0.15, 0.2) is 53.4 Å². The Morgan fingerprint density at radius 1 is 1.20 bits per heavy atom. The van der Waals surface area contributed by atoms with Gasteiger partial charge in [-0.2, -0.15) is 0 Å². The number of rotatable bonds is 7. The summed E-state index contributed by atoms with van der Waals surface area (Å²) in [6.45, 7) is -0.456. The maximum Gasteiger partial charge on any atom is 0.316 e. The van der Waals surface area contributed by atoms with E-state index >= 15 is 0 Å². The standard InChI is InChI=1S/C16H13ClN2O5S/c17-11-4-3-5-12(8-11)18-15(20)9-24-16(21)10-25-14-7-2-1-6-13(14)19(22)23/h1-8H,9-10H2,(H,18,20). The first-order valence-corrected chi connectivity index (χ1v) is 8.39. The minimum atomic E-state index is -0.649. The summed E-state index contributed by atoms with van der Waals surface area (Å²) in [7, 11) is 0. The molecular weight excluding hydrogens is 368 g/mol. The predicted octanol–water partition coefficient (Wildman–Crippen LogP) is 3.52. The van der Waals surface area contributed by atoms with E-state index in [1.165, 1.54) is 6.07 Å². The molecule has 1 N–H and O–H groups in total. The molecule has 7 nitrogen and oxygen atoms in total. The smallest absolute Gasteiger partial charge is 0.316 e. The van der Waals surface area contributed by atoms with Gasteiger partial charge < -0.3 is 10.1 Å². The van der Waals surface area contributed by atoms with Crippen molar-refractivity contribution < 1.29 is 19.2 Å². The van der Waals surface area contributed by atoms with Gasteiger partial charge in [0.05, 0.1) is 15.6 Å². The minimum absolute atomic E-state index is 0.0843. The fraction of sp³-hybridized carbons (Fsp3) is 0.125. The fourth-order valence-electron chi connectivity index (χ4n) is 1.82. The molecule has 0 spiro atoms. The number of nitro groups is 1. The Bertz CT molecular complexity index is 800. The molecule has 0 atom stereocenters. The van der Waals surface area contributed by atoms with Crippen LogP contribution in [0.4, 0.5) is 11.4 Å². The Balaban J connectivity index is 1.79. The number of carbonyl (C=O) groups excluding carboxylic acids is 2. The van der Waals surface area contributed by atoms with E-state index in [-0.39, 0.29) is 11.4 Å². The molecule has 9 heteroatoms. The lowest BCUT2D eigenvalue weighted by atomic mass is 10.3. The first kappa shape index (κ1) is 18.8. The first-order chi connectivity index (χ1) is 12.0. The van der Waals surface area contributed by atoms with Crippen LogP contribution in [-0.4, -0.2) is 29.2 Å². The van der Waals surface area contributed by atoms with Crippen LogP contribution in [0, 0.1) is 10.1 Å². The van der Waals surface area contributed by atoms with Crippen molar-refractivity contribution in [2.45, 2.75) is 4.90 Å². The zero-order valence-electron chi connectivity index (χ0n) is 12.8. The number of carbonyl (C=O) groups is 2. The highest BCUT2D eigenvalue weighted by atomic mass is 35.5. The molecule has 130 valence electrons. The number of hydrogen-bond donors (Lipinski definition) is 1. The number of benzene rings is 2. The summed E-state index contributed by atoms with van der Waals surface area (Å²) in [6.07, 6.45) is 0. The van der Waals surface area contributed by atoms with Crippen molar-refractivity contribution >= 4 is 46.6 Å². The summed E-state index contributed by atoms with van der Waals surface area (Å²) in [6, 6.07) is 12.6. The Morgan fingerprint density at radius 2 is 1.96 bits per heavy atom. The van der Waals surface area contributed by atoms with Gasteiger partial charge in [0.2, 0.25) is 0 Å². The molecule has 0 bridgehead atoms. The van der Waals surface area contributed by atoms with Crippen molar-refractivity contribution in [1.29, 1.82) is 0 Å². The number of hydrogen-bond acceptors (Lipinski definition) is 6. The number of halogens is 1.